The first-order chi connectivity index (χ1) is 13.1. The van der Waals surface area contributed by atoms with Crippen molar-refractivity contribution in [1.82, 2.24) is 0 Å². The van der Waals surface area contributed by atoms with E-state index in [1.54, 1.807) is 24.3 Å². The maximum absolute atomic E-state index is 12.7. The van der Waals surface area contributed by atoms with Crippen molar-refractivity contribution >= 4 is 23.9 Å². The number of carbonyl (C=O) groups is 2. The first-order valence-electron chi connectivity index (χ1n) is 9.40. The fraction of sp³-hybridized carbons (Fsp3) is 0.333. The van der Waals surface area contributed by atoms with E-state index in [1.807, 2.05) is 38.1 Å². The largest absolute Gasteiger partial charge is 0.478 e. The third-order valence-electron chi connectivity index (χ3n) is 5.76. The van der Waals surface area contributed by atoms with Gasteiger partial charge < -0.3 is 10.2 Å². The first-order valence-corrected chi connectivity index (χ1v) is 9.40. The molecule has 0 aliphatic heterocycles. The van der Waals surface area contributed by atoms with Crippen molar-refractivity contribution in [3.8, 4) is 0 Å². The number of aliphatic hydroxyl groups is 1. The third-order valence-corrected chi connectivity index (χ3v) is 5.76. The predicted molar refractivity (Wildman–Crippen MR) is 110 cm³/mol. The summed E-state index contributed by atoms with van der Waals surface area (Å²) in [6.07, 6.45) is 4.28. The van der Waals surface area contributed by atoms with Crippen molar-refractivity contribution in [1.29, 1.82) is 0 Å². The number of hydrogen-bond acceptors (Lipinski definition) is 3. The number of hydrogen-bond donors (Lipinski definition) is 2. The quantitative estimate of drug-likeness (QED) is 0.764. The van der Waals surface area contributed by atoms with E-state index in [2.05, 4.69) is 13.8 Å². The molecule has 4 heteroatoms. The molecule has 0 radical (unpaired) electrons. The van der Waals surface area contributed by atoms with Gasteiger partial charge in [0.05, 0.1) is 12.2 Å². The smallest absolute Gasteiger partial charge is 0.335 e. The molecule has 0 saturated carbocycles. The number of carboxylic acid groups (broad SMARTS) is 1. The summed E-state index contributed by atoms with van der Waals surface area (Å²) in [5.74, 6) is -0.733. The maximum Gasteiger partial charge on any atom is 0.335 e. The molecular formula is C24H26O4. The van der Waals surface area contributed by atoms with E-state index in [0.717, 1.165) is 27.8 Å². The molecule has 3 rings (SSSR count). The van der Waals surface area contributed by atoms with Gasteiger partial charge in [0.15, 0.2) is 0 Å². The van der Waals surface area contributed by atoms with Crippen molar-refractivity contribution in [2.24, 2.45) is 0 Å². The third kappa shape index (κ3) is 3.52. The zero-order valence-corrected chi connectivity index (χ0v) is 16.7. The molecule has 0 amide bonds. The van der Waals surface area contributed by atoms with Crippen LogP contribution in [0.5, 0.6) is 0 Å². The minimum absolute atomic E-state index is 0.0879. The van der Waals surface area contributed by atoms with Gasteiger partial charge >= 0.3 is 5.97 Å². The highest BCUT2D eigenvalue weighted by atomic mass is 16.4. The average Bonchev–Trinajstić information content (AvgIpc) is 2.64. The number of ketones is 1. The standard InChI is InChI=1S/C24H26O4/c1-23(2)13-21(26)24(3,4)20-11-17(18(14-25)12-19(20)23)10-7-15-5-8-16(9-6-15)22(27)28/h5-12,25H,13-14H2,1-4H3,(H,27,28). The number of carboxylic acids is 1. The van der Waals surface area contributed by atoms with Gasteiger partial charge in [-0.3, -0.25) is 4.79 Å². The number of carbonyl (C=O) groups excluding carboxylic acids is 1. The van der Waals surface area contributed by atoms with Crippen LogP contribution in [0, 0.1) is 0 Å². The minimum Gasteiger partial charge on any atom is -0.478 e. The summed E-state index contributed by atoms with van der Waals surface area (Å²) < 4.78 is 0. The van der Waals surface area contributed by atoms with Crippen LogP contribution in [-0.2, 0) is 22.2 Å². The summed E-state index contributed by atoms with van der Waals surface area (Å²) in [6.45, 7) is 7.97. The summed E-state index contributed by atoms with van der Waals surface area (Å²) in [5, 5.41) is 18.9. The van der Waals surface area contributed by atoms with Gasteiger partial charge in [0.1, 0.15) is 5.78 Å². The Kier molecular flexibility index (Phi) is 5.02. The van der Waals surface area contributed by atoms with Gasteiger partial charge in [-0.15, -0.1) is 0 Å². The van der Waals surface area contributed by atoms with Crippen LogP contribution in [0.2, 0.25) is 0 Å². The van der Waals surface area contributed by atoms with Crippen LogP contribution in [0.4, 0.5) is 0 Å². The highest BCUT2D eigenvalue weighted by Crippen LogP contribution is 2.45. The van der Waals surface area contributed by atoms with E-state index in [9.17, 15) is 14.7 Å². The zero-order valence-electron chi connectivity index (χ0n) is 16.7. The summed E-state index contributed by atoms with van der Waals surface area (Å²) >= 11 is 0. The van der Waals surface area contributed by atoms with E-state index in [-0.39, 0.29) is 23.4 Å². The number of aliphatic hydroxyl groups excluding tert-OH is 1. The highest BCUT2D eigenvalue weighted by molar-refractivity contribution is 5.93. The molecule has 146 valence electrons. The van der Waals surface area contributed by atoms with Crippen molar-refractivity contribution in [2.75, 3.05) is 0 Å². The number of rotatable bonds is 4. The fourth-order valence-electron chi connectivity index (χ4n) is 3.82. The van der Waals surface area contributed by atoms with E-state index in [0.29, 0.717) is 6.42 Å². The van der Waals surface area contributed by atoms with Crippen molar-refractivity contribution in [2.45, 2.75) is 51.6 Å². The Balaban J connectivity index is 2.06. The molecule has 0 bridgehead atoms. The molecule has 28 heavy (non-hydrogen) atoms. The van der Waals surface area contributed by atoms with Gasteiger partial charge in [0.25, 0.3) is 0 Å². The van der Waals surface area contributed by atoms with E-state index in [4.69, 9.17) is 5.11 Å². The molecule has 0 spiro atoms. The van der Waals surface area contributed by atoms with Gasteiger partial charge in [-0.05, 0) is 59.2 Å². The topological polar surface area (TPSA) is 74.6 Å². The Hall–Kier alpha value is -2.72. The highest BCUT2D eigenvalue weighted by Gasteiger charge is 2.43. The summed E-state index contributed by atoms with van der Waals surface area (Å²) in [5.41, 5.74) is 4.07. The van der Waals surface area contributed by atoms with Gasteiger partial charge in [-0.25, -0.2) is 4.79 Å². The van der Waals surface area contributed by atoms with E-state index >= 15 is 0 Å². The molecule has 0 unspecified atom stereocenters. The lowest BCUT2D eigenvalue weighted by Crippen LogP contribution is -2.42. The summed E-state index contributed by atoms with van der Waals surface area (Å²) in [4.78, 5) is 23.7. The zero-order chi connectivity index (χ0) is 20.7. The Morgan fingerprint density at radius 3 is 2.25 bits per heavy atom. The molecule has 1 aliphatic carbocycles. The van der Waals surface area contributed by atoms with Crippen molar-refractivity contribution in [3.63, 3.8) is 0 Å². The Labute approximate surface area is 165 Å². The van der Waals surface area contributed by atoms with Crippen LogP contribution in [-0.4, -0.2) is 22.0 Å². The van der Waals surface area contributed by atoms with Gasteiger partial charge in [-0.2, -0.15) is 0 Å². The fourth-order valence-corrected chi connectivity index (χ4v) is 3.82. The molecule has 2 aromatic rings. The second-order valence-electron chi connectivity index (χ2n) is 8.62. The number of fused-ring (bicyclic) bond motifs is 1. The molecule has 0 atom stereocenters. The molecule has 0 fully saturated rings. The lowest BCUT2D eigenvalue weighted by Gasteiger charge is -2.41. The van der Waals surface area contributed by atoms with Crippen molar-refractivity contribution in [3.05, 3.63) is 69.8 Å². The predicted octanol–water partition coefficient (Wildman–Crippen LogP) is 4.58. The molecule has 0 heterocycles. The lowest BCUT2D eigenvalue weighted by molar-refractivity contribution is -0.125. The minimum atomic E-state index is -0.956. The molecule has 0 aromatic heterocycles. The molecular weight excluding hydrogens is 352 g/mol. The molecule has 2 aromatic carbocycles. The van der Waals surface area contributed by atoms with Crippen LogP contribution in [0.15, 0.2) is 36.4 Å². The second-order valence-corrected chi connectivity index (χ2v) is 8.62. The van der Waals surface area contributed by atoms with Crippen LogP contribution < -0.4 is 0 Å². The molecule has 1 aliphatic rings. The second kappa shape index (κ2) is 7.02. The number of aromatic carboxylic acids is 1. The Morgan fingerprint density at radius 2 is 1.68 bits per heavy atom. The van der Waals surface area contributed by atoms with E-state index in [1.165, 1.54) is 0 Å². The summed E-state index contributed by atoms with van der Waals surface area (Å²) in [6, 6.07) is 10.7. The van der Waals surface area contributed by atoms with Gasteiger partial charge in [0.2, 0.25) is 0 Å². The maximum atomic E-state index is 12.7. The van der Waals surface area contributed by atoms with Crippen LogP contribution >= 0.6 is 0 Å². The average molecular weight is 378 g/mol. The van der Waals surface area contributed by atoms with Crippen LogP contribution in [0.3, 0.4) is 0 Å². The Morgan fingerprint density at radius 1 is 1.04 bits per heavy atom. The van der Waals surface area contributed by atoms with Gasteiger partial charge in [0, 0.05) is 11.8 Å². The Bertz CT molecular complexity index is 963. The van der Waals surface area contributed by atoms with E-state index < -0.39 is 11.4 Å². The van der Waals surface area contributed by atoms with Crippen molar-refractivity contribution < 1.29 is 19.8 Å². The summed E-state index contributed by atoms with van der Waals surface area (Å²) in [7, 11) is 0. The lowest BCUT2D eigenvalue weighted by atomic mass is 9.62. The first kappa shape index (κ1) is 20.0. The SMILES string of the molecule is CC1(C)CC(=O)C(C)(C)c2cc(C=Cc3ccc(C(=O)O)cc3)c(CO)cc21. The number of benzene rings is 2. The molecule has 0 saturated heterocycles. The molecule has 2 N–H and O–H groups in total. The normalized spacial score (nSPS) is 17.5. The van der Waals surface area contributed by atoms with Gasteiger partial charge in [-0.1, -0.05) is 50.3 Å². The monoisotopic (exact) mass is 378 g/mol. The van der Waals surface area contributed by atoms with Crippen LogP contribution in [0.25, 0.3) is 12.2 Å². The molecule has 4 nitrogen and oxygen atoms in total. The van der Waals surface area contributed by atoms with Crippen LogP contribution in [0.1, 0.15) is 72.3 Å². The number of Topliss-reactive ketones (excluding diaryl/α,β-unsaturated/α-hetero) is 1.